The van der Waals surface area contributed by atoms with Gasteiger partial charge in [0.05, 0.1) is 0 Å². The van der Waals surface area contributed by atoms with Crippen molar-refractivity contribution in [3.63, 3.8) is 0 Å². The molecule has 0 unspecified atom stereocenters. The molecular formula is C14H18N2O2. The van der Waals surface area contributed by atoms with E-state index in [0.717, 1.165) is 23.4 Å². The number of hydrogen-bond donors (Lipinski definition) is 2. The van der Waals surface area contributed by atoms with Crippen molar-refractivity contribution in [2.45, 2.75) is 31.8 Å². The van der Waals surface area contributed by atoms with E-state index >= 15 is 0 Å². The van der Waals surface area contributed by atoms with E-state index in [4.69, 9.17) is 4.74 Å². The van der Waals surface area contributed by atoms with Crippen molar-refractivity contribution in [2.75, 3.05) is 13.2 Å². The summed E-state index contributed by atoms with van der Waals surface area (Å²) in [5.41, 5.74) is 1.81. The summed E-state index contributed by atoms with van der Waals surface area (Å²) in [6.45, 7) is 2.42. The smallest absolute Gasteiger partial charge is 0.251 e. The van der Waals surface area contributed by atoms with Gasteiger partial charge in [0.2, 0.25) is 0 Å². The number of benzene rings is 1. The first-order chi connectivity index (χ1) is 8.83. The van der Waals surface area contributed by atoms with Crippen molar-refractivity contribution in [1.29, 1.82) is 0 Å². The van der Waals surface area contributed by atoms with Gasteiger partial charge in [0.15, 0.2) is 0 Å². The quantitative estimate of drug-likeness (QED) is 0.848. The Morgan fingerprint density at radius 2 is 2.28 bits per heavy atom. The summed E-state index contributed by atoms with van der Waals surface area (Å²) in [5, 5.41) is 6.27. The van der Waals surface area contributed by atoms with Gasteiger partial charge in [0.25, 0.3) is 5.91 Å². The van der Waals surface area contributed by atoms with Gasteiger partial charge in [-0.2, -0.15) is 0 Å². The Balaban J connectivity index is 1.61. The fourth-order valence-electron chi connectivity index (χ4n) is 2.56. The number of ether oxygens (including phenoxy) is 1. The van der Waals surface area contributed by atoms with Crippen LogP contribution >= 0.6 is 0 Å². The molecule has 0 aromatic heterocycles. The van der Waals surface area contributed by atoms with Crippen LogP contribution in [0, 0.1) is 0 Å². The van der Waals surface area contributed by atoms with Crippen LogP contribution in [-0.2, 0) is 6.54 Å². The number of amides is 1. The summed E-state index contributed by atoms with van der Waals surface area (Å²) < 4.78 is 5.80. The van der Waals surface area contributed by atoms with Crippen LogP contribution in [0.2, 0.25) is 0 Å². The monoisotopic (exact) mass is 246 g/mol. The van der Waals surface area contributed by atoms with E-state index in [1.807, 2.05) is 18.2 Å². The highest BCUT2D eigenvalue weighted by atomic mass is 16.5. The van der Waals surface area contributed by atoms with E-state index in [1.165, 1.54) is 19.3 Å². The summed E-state index contributed by atoms with van der Waals surface area (Å²) in [7, 11) is 0. The SMILES string of the molecule is O=C1NCc2cc(OC[C@H]3CCCCN3)ccc21. The average Bonchev–Trinajstić information content (AvgIpc) is 2.79. The van der Waals surface area contributed by atoms with Gasteiger partial charge in [-0.1, -0.05) is 6.42 Å². The largest absolute Gasteiger partial charge is 0.492 e. The van der Waals surface area contributed by atoms with Gasteiger partial charge in [-0.05, 0) is 43.1 Å². The van der Waals surface area contributed by atoms with Crippen LogP contribution < -0.4 is 15.4 Å². The second-order valence-electron chi connectivity index (χ2n) is 4.96. The molecule has 1 fully saturated rings. The molecule has 0 bridgehead atoms. The fourth-order valence-corrected chi connectivity index (χ4v) is 2.56. The minimum absolute atomic E-state index is 0.0190. The fraction of sp³-hybridized carbons (Fsp3) is 0.500. The number of hydrogen-bond acceptors (Lipinski definition) is 3. The zero-order chi connectivity index (χ0) is 12.4. The van der Waals surface area contributed by atoms with E-state index in [-0.39, 0.29) is 5.91 Å². The standard InChI is InChI=1S/C14H18N2O2/c17-14-13-5-4-12(7-10(13)8-16-14)18-9-11-3-1-2-6-15-11/h4-5,7,11,15H,1-3,6,8-9H2,(H,16,17)/t11-/m1/s1. The second-order valence-corrected chi connectivity index (χ2v) is 4.96. The number of carbonyl (C=O) groups is 1. The first-order valence-corrected chi connectivity index (χ1v) is 6.60. The molecule has 4 nitrogen and oxygen atoms in total. The van der Waals surface area contributed by atoms with E-state index in [2.05, 4.69) is 10.6 Å². The van der Waals surface area contributed by atoms with Crippen molar-refractivity contribution in [1.82, 2.24) is 10.6 Å². The van der Waals surface area contributed by atoms with Crippen LogP contribution in [0.15, 0.2) is 18.2 Å². The van der Waals surface area contributed by atoms with Gasteiger partial charge in [0, 0.05) is 18.2 Å². The van der Waals surface area contributed by atoms with E-state index in [0.29, 0.717) is 19.2 Å². The molecule has 96 valence electrons. The molecule has 3 rings (SSSR count). The lowest BCUT2D eigenvalue weighted by molar-refractivity contribution is 0.0966. The summed E-state index contributed by atoms with van der Waals surface area (Å²) in [6.07, 6.45) is 3.73. The lowest BCUT2D eigenvalue weighted by atomic mass is 10.1. The zero-order valence-electron chi connectivity index (χ0n) is 10.4. The van der Waals surface area contributed by atoms with Crippen LogP contribution in [0.25, 0.3) is 0 Å². The third-order valence-electron chi connectivity index (χ3n) is 3.62. The van der Waals surface area contributed by atoms with Crippen molar-refractivity contribution < 1.29 is 9.53 Å². The number of rotatable bonds is 3. The molecule has 0 aliphatic carbocycles. The van der Waals surface area contributed by atoms with Gasteiger partial charge in [-0.25, -0.2) is 0 Å². The molecule has 2 heterocycles. The number of piperidine rings is 1. The Kier molecular flexibility index (Phi) is 3.19. The van der Waals surface area contributed by atoms with Crippen LogP contribution in [0.1, 0.15) is 35.2 Å². The molecule has 1 aromatic rings. The van der Waals surface area contributed by atoms with Crippen LogP contribution in [-0.4, -0.2) is 25.1 Å². The molecule has 0 radical (unpaired) electrons. The van der Waals surface area contributed by atoms with Crippen molar-refractivity contribution in [3.8, 4) is 5.75 Å². The Morgan fingerprint density at radius 3 is 3.11 bits per heavy atom. The van der Waals surface area contributed by atoms with Crippen LogP contribution in [0.3, 0.4) is 0 Å². The first-order valence-electron chi connectivity index (χ1n) is 6.60. The molecule has 0 spiro atoms. The Hall–Kier alpha value is -1.55. The molecule has 18 heavy (non-hydrogen) atoms. The molecule has 1 saturated heterocycles. The predicted molar refractivity (Wildman–Crippen MR) is 68.7 cm³/mol. The number of nitrogens with one attached hydrogen (secondary N) is 2. The zero-order valence-corrected chi connectivity index (χ0v) is 10.4. The maximum atomic E-state index is 11.4. The molecule has 2 N–H and O–H groups in total. The topological polar surface area (TPSA) is 50.4 Å². The Labute approximate surface area is 107 Å². The molecule has 2 aliphatic rings. The van der Waals surface area contributed by atoms with Crippen molar-refractivity contribution >= 4 is 5.91 Å². The van der Waals surface area contributed by atoms with Crippen molar-refractivity contribution in [2.24, 2.45) is 0 Å². The summed E-state index contributed by atoms with van der Waals surface area (Å²) >= 11 is 0. The minimum Gasteiger partial charge on any atom is -0.492 e. The van der Waals surface area contributed by atoms with E-state index in [9.17, 15) is 4.79 Å². The lowest BCUT2D eigenvalue weighted by Gasteiger charge is -2.23. The average molecular weight is 246 g/mol. The highest BCUT2D eigenvalue weighted by Crippen LogP contribution is 2.22. The van der Waals surface area contributed by atoms with E-state index < -0.39 is 0 Å². The molecule has 4 heteroatoms. The normalized spacial score (nSPS) is 22.4. The second kappa shape index (κ2) is 4.98. The minimum atomic E-state index is 0.0190. The molecule has 1 atom stereocenters. The number of fused-ring (bicyclic) bond motifs is 1. The summed E-state index contributed by atoms with van der Waals surface area (Å²) in [5.74, 6) is 0.878. The van der Waals surface area contributed by atoms with Gasteiger partial charge in [0.1, 0.15) is 12.4 Å². The van der Waals surface area contributed by atoms with Crippen LogP contribution in [0.5, 0.6) is 5.75 Å². The summed E-state index contributed by atoms with van der Waals surface area (Å²) in [6, 6.07) is 6.16. The maximum Gasteiger partial charge on any atom is 0.251 e. The highest BCUT2D eigenvalue weighted by molar-refractivity contribution is 5.98. The van der Waals surface area contributed by atoms with E-state index in [1.54, 1.807) is 0 Å². The highest BCUT2D eigenvalue weighted by Gasteiger charge is 2.19. The molecule has 0 saturated carbocycles. The van der Waals surface area contributed by atoms with Gasteiger partial charge < -0.3 is 15.4 Å². The van der Waals surface area contributed by atoms with Gasteiger partial charge >= 0.3 is 0 Å². The lowest BCUT2D eigenvalue weighted by Crippen LogP contribution is -2.38. The third kappa shape index (κ3) is 2.34. The Morgan fingerprint density at radius 1 is 1.33 bits per heavy atom. The van der Waals surface area contributed by atoms with Crippen LogP contribution in [0.4, 0.5) is 0 Å². The van der Waals surface area contributed by atoms with Crippen molar-refractivity contribution in [3.05, 3.63) is 29.3 Å². The molecular weight excluding hydrogens is 228 g/mol. The maximum absolute atomic E-state index is 11.4. The Bertz CT molecular complexity index is 453. The number of carbonyl (C=O) groups excluding carboxylic acids is 1. The van der Waals surface area contributed by atoms with Gasteiger partial charge in [-0.3, -0.25) is 4.79 Å². The molecule has 1 aromatic carbocycles. The molecule has 2 aliphatic heterocycles. The predicted octanol–water partition coefficient (Wildman–Crippen LogP) is 1.45. The van der Waals surface area contributed by atoms with Gasteiger partial charge in [-0.15, -0.1) is 0 Å². The first kappa shape index (κ1) is 11.5. The summed E-state index contributed by atoms with van der Waals surface area (Å²) in [4.78, 5) is 11.4. The third-order valence-corrected chi connectivity index (χ3v) is 3.62. The molecule has 1 amide bonds.